The second kappa shape index (κ2) is 12.1. The lowest BCUT2D eigenvalue weighted by atomic mass is 10.0. The van der Waals surface area contributed by atoms with Gasteiger partial charge in [-0.25, -0.2) is 0 Å². The van der Waals surface area contributed by atoms with Crippen LogP contribution in [0.25, 0.3) is 0 Å². The van der Waals surface area contributed by atoms with Gasteiger partial charge in [-0.2, -0.15) is 0 Å². The Labute approximate surface area is 186 Å². The van der Waals surface area contributed by atoms with Crippen molar-refractivity contribution in [2.75, 3.05) is 13.2 Å². The molecule has 168 valence electrons. The van der Waals surface area contributed by atoms with E-state index in [2.05, 4.69) is 26.1 Å². The first kappa shape index (κ1) is 24.4. The SMILES string of the molecule is CCCCNC(=O)C(C)N(Cc1cccc(C)c1)C(=O)COc1ccccc1C(C)C. The summed E-state index contributed by atoms with van der Waals surface area (Å²) in [5.41, 5.74) is 3.17. The van der Waals surface area contributed by atoms with Crippen molar-refractivity contribution >= 4 is 11.8 Å². The number of carbonyl (C=O) groups excluding carboxylic acids is 2. The zero-order chi connectivity index (χ0) is 22.8. The number of benzene rings is 2. The van der Waals surface area contributed by atoms with Gasteiger partial charge in [-0.3, -0.25) is 9.59 Å². The molecule has 0 aliphatic heterocycles. The highest BCUT2D eigenvalue weighted by Crippen LogP contribution is 2.26. The molecule has 2 aromatic carbocycles. The summed E-state index contributed by atoms with van der Waals surface area (Å²) in [5.74, 6) is 0.648. The van der Waals surface area contributed by atoms with E-state index in [4.69, 9.17) is 4.74 Å². The second-order valence-electron chi connectivity index (χ2n) is 8.31. The van der Waals surface area contributed by atoms with E-state index in [-0.39, 0.29) is 24.3 Å². The summed E-state index contributed by atoms with van der Waals surface area (Å²) in [6, 6.07) is 15.2. The van der Waals surface area contributed by atoms with Gasteiger partial charge in [0.15, 0.2) is 6.61 Å². The van der Waals surface area contributed by atoms with Gasteiger partial charge in [0, 0.05) is 13.1 Å². The van der Waals surface area contributed by atoms with Gasteiger partial charge in [-0.15, -0.1) is 0 Å². The quantitative estimate of drug-likeness (QED) is 0.526. The molecule has 2 aromatic rings. The third-order valence-electron chi connectivity index (χ3n) is 5.32. The number of nitrogens with one attached hydrogen (secondary N) is 1. The van der Waals surface area contributed by atoms with Crippen LogP contribution in [0.5, 0.6) is 5.75 Å². The van der Waals surface area contributed by atoms with Crippen molar-refractivity contribution in [2.24, 2.45) is 0 Å². The normalized spacial score (nSPS) is 11.8. The lowest BCUT2D eigenvalue weighted by molar-refractivity contribution is -0.142. The van der Waals surface area contributed by atoms with Gasteiger partial charge in [0.1, 0.15) is 11.8 Å². The van der Waals surface area contributed by atoms with Crippen molar-refractivity contribution in [2.45, 2.75) is 66.0 Å². The highest BCUT2D eigenvalue weighted by Gasteiger charge is 2.26. The molecule has 31 heavy (non-hydrogen) atoms. The number of para-hydroxylation sites is 1. The number of ether oxygens (including phenoxy) is 1. The minimum Gasteiger partial charge on any atom is -0.483 e. The summed E-state index contributed by atoms with van der Waals surface area (Å²) < 4.78 is 5.91. The monoisotopic (exact) mass is 424 g/mol. The Morgan fingerprint density at radius 2 is 1.81 bits per heavy atom. The number of hydrogen-bond donors (Lipinski definition) is 1. The van der Waals surface area contributed by atoms with Crippen LogP contribution < -0.4 is 10.1 Å². The molecule has 0 radical (unpaired) electrons. The maximum absolute atomic E-state index is 13.2. The fraction of sp³-hybridized carbons (Fsp3) is 0.462. The molecule has 5 heteroatoms. The zero-order valence-corrected chi connectivity index (χ0v) is 19.5. The second-order valence-corrected chi connectivity index (χ2v) is 8.31. The Morgan fingerprint density at radius 1 is 1.06 bits per heavy atom. The van der Waals surface area contributed by atoms with Crippen molar-refractivity contribution in [1.29, 1.82) is 0 Å². The third-order valence-corrected chi connectivity index (χ3v) is 5.32. The van der Waals surface area contributed by atoms with Crippen LogP contribution in [0.2, 0.25) is 0 Å². The molecule has 0 aliphatic rings. The summed E-state index contributed by atoms with van der Waals surface area (Å²) in [7, 11) is 0. The molecule has 0 bridgehead atoms. The summed E-state index contributed by atoms with van der Waals surface area (Å²) in [4.78, 5) is 27.5. The fourth-order valence-corrected chi connectivity index (χ4v) is 3.44. The highest BCUT2D eigenvalue weighted by atomic mass is 16.5. The van der Waals surface area contributed by atoms with E-state index in [0.717, 1.165) is 29.5 Å². The number of amides is 2. The molecule has 0 saturated heterocycles. The van der Waals surface area contributed by atoms with Crippen LogP contribution in [0, 0.1) is 6.92 Å². The van der Waals surface area contributed by atoms with Crippen LogP contribution in [0.1, 0.15) is 63.1 Å². The molecule has 1 unspecified atom stereocenters. The molecule has 0 saturated carbocycles. The highest BCUT2D eigenvalue weighted by molar-refractivity contribution is 5.88. The first-order chi connectivity index (χ1) is 14.8. The lowest BCUT2D eigenvalue weighted by Crippen LogP contribution is -2.49. The predicted octanol–water partition coefficient (Wildman–Crippen LogP) is 4.83. The number of nitrogens with zero attached hydrogens (tertiary/aromatic N) is 1. The summed E-state index contributed by atoms with van der Waals surface area (Å²) >= 11 is 0. The largest absolute Gasteiger partial charge is 0.483 e. The predicted molar refractivity (Wildman–Crippen MR) is 125 cm³/mol. The lowest BCUT2D eigenvalue weighted by Gasteiger charge is -2.29. The van der Waals surface area contributed by atoms with Crippen molar-refractivity contribution in [3.8, 4) is 5.75 Å². The minimum atomic E-state index is -0.589. The molecule has 0 heterocycles. The average Bonchev–Trinajstić information content (AvgIpc) is 2.75. The number of rotatable bonds is 11. The van der Waals surface area contributed by atoms with Gasteiger partial charge < -0.3 is 15.0 Å². The summed E-state index contributed by atoms with van der Waals surface area (Å²) in [5, 5.41) is 2.94. The topological polar surface area (TPSA) is 58.6 Å². The Kier molecular flexibility index (Phi) is 9.57. The van der Waals surface area contributed by atoms with Gasteiger partial charge in [0.2, 0.25) is 5.91 Å². The van der Waals surface area contributed by atoms with Crippen LogP contribution in [0.4, 0.5) is 0 Å². The van der Waals surface area contributed by atoms with E-state index in [1.54, 1.807) is 11.8 Å². The fourth-order valence-electron chi connectivity index (χ4n) is 3.44. The van der Waals surface area contributed by atoms with Crippen molar-refractivity contribution < 1.29 is 14.3 Å². The molecular formula is C26H36N2O3. The number of carbonyl (C=O) groups is 2. The third kappa shape index (κ3) is 7.42. The molecule has 2 rings (SSSR count). The van der Waals surface area contributed by atoms with Crippen molar-refractivity contribution in [3.05, 3.63) is 65.2 Å². The van der Waals surface area contributed by atoms with Gasteiger partial charge in [0.25, 0.3) is 5.91 Å². The molecular weight excluding hydrogens is 388 g/mol. The van der Waals surface area contributed by atoms with E-state index in [9.17, 15) is 9.59 Å². The van der Waals surface area contributed by atoms with Crippen LogP contribution in [-0.4, -0.2) is 35.9 Å². The Bertz CT molecular complexity index is 863. The zero-order valence-electron chi connectivity index (χ0n) is 19.5. The van der Waals surface area contributed by atoms with Crippen LogP contribution in [-0.2, 0) is 16.1 Å². The molecule has 0 spiro atoms. The van der Waals surface area contributed by atoms with E-state index >= 15 is 0 Å². The first-order valence-corrected chi connectivity index (χ1v) is 11.2. The molecule has 2 amide bonds. The smallest absolute Gasteiger partial charge is 0.261 e. The van der Waals surface area contributed by atoms with E-state index in [1.165, 1.54) is 0 Å². The summed E-state index contributed by atoms with van der Waals surface area (Å²) in [6.07, 6.45) is 1.92. The molecule has 5 nitrogen and oxygen atoms in total. The number of unbranched alkanes of at least 4 members (excludes halogenated alkanes) is 1. The van der Waals surface area contributed by atoms with Crippen LogP contribution >= 0.6 is 0 Å². The van der Waals surface area contributed by atoms with E-state index < -0.39 is 6.04 Å². The van der Waals surface area contributed by atoms with Gasteiger partial charge in [-0.05, 0) is 43.4 Å². The molecule has 0 aliphatic carbocycles. The first-order valence-electron chi connectivity index (χ1n) is 11.2. The number of hydrogen-bond acceptors (Lipinski definition) is 3. The van der Waals surface area contributed by atoms with Crippen molar-refractivity contribution in [1.82, 2.24) is 10.2 Å². The van der Waals surface area contributed by atoms with Crippen LogP contribution in [0.15, 0.2) is 48.5 Å². The number of aryl methyl sites for hydroxylation is 1. The molecule has 1 atom stereocenters. The molecule has 0 fully saturated rings. The van der Waals surface area contributed by atoms with Gasteiger partial charge in [0.05, 0.1) is 0 Å². The Balaban J connectivity index is 2.16. The minimum absolute atomic E-state index is 0.109. The maximum atomic E-state index is 13.2. The average molecular weight is 425 g/mol. The summed E-state index contributed by atoms with van der Waals surface area (Å²) in [6.45, 7) is 10.9. The van der Waals surface area contributed by atoms with Gasteiger partial charge >= 0.3 is 0 Å². The van der Waals surface area contributed by atoms with E-state index in [1.807, 2.05) is 55.5 Å². The van der Waals surface area contributed by atoms with E-state index in [0.29, 0.717) is 18.8 Å². The Morgan fingerprint density at radius 3 is 2.48 bits per heavy atom. The maximum Gasteiger partial charge on any atom is 0.261 e. The molecule has 1 N–H and O–H groups in total. The van der Waals surface area contributed by atoms with Crippen LogP contribution in [0.3, 0.4) is 0 Å². The van der Waals surface area contributed by atoms with Gasteiger partial charge in [-0.1, -0.05) is 75.2 Å². The Hall–Kier alpha value is -2.82. The standard InChI is InChI=1S/C26H36N2O3/c1-6-7-15-27-26(30)21(5)28(17-22-12-10-11-20(4)16-22)25(29)18-31-24-14-9-8-13-23(24)19(2)3/h8-14,16,19,21H,6-7,15,17-18H2,1-5H3,(H,27,30). The van der Waals surface area contributed by atoms with Crippen molar-refractivity contribution in [3.63, 3.8) is 0 Å². The molecule has 0 aromatic heterocycles.